The van der Waals surface area contributed by atoms with Gasteiger partial charge in [-0.2, -0.15) is 18.4 Å². The molecule has 3 N–H and O–H groups in total. The van der Waals surface area contributed by atoms with E-state index >= 15 is 0 Å². The van der Waals surface area contributed by atoms with E-state index < -0.39 is 35.7 Å². The van der Waals surface area contributed by atoms with Crippen LogP contribution < -0.4 is 15.2 Å². The minimum Gasteiger partial charge on any atom is -0.466 e. The van der Waals surface area contributed by atoms with Gasteiger partial charge in [0.1, 0.15) is 0 Å². The molecule has 0 aliphatic carbocycles. The third kappa shape index (κ3) is 7.01. The van der Waals surface area contributed by atoms with E-state index in [2.05, 4.69) is 6.58 Å². The molecule has 9 nitrogen and oxygen atoms in total. The molecule has 0 saturated carbocycles. The summed E-state index contributed by atoms with van der Waals surface area (Å²) in [6.07, 6.45) is 2.51. The number of primary amides is 1. The van der Waals surface area contributed by atoms with E-state index in [9.17, 15) is 28.0 Å². The van der Waals surface area contributed by atoms with Crippen LogP contribution in [-0.4, -0.2) is 36.0 Å². The number of nitrogens with two attached hydrogens (primary N) is 1. The number of carbonyl (C=O) groups excluding carboxylic acids is 2. The number of nitriles is 1. The summed E-state index contributed by atoms with van der Waals surface area (Å²) in [5.74, 6) is -1.44. The summed E-state index contributed by atoms with van der Waals surface area (Å²) in [6, 6.07) is 9.48. The van der Waals surface area contributed by atoms with Gasteiger partial charge < -0.3 is 10.5 Å². The number of aromatic nitrogens is 1. The lowest BCUT2D eigenvalue weighted by Crippen LogP contribution is -2.59. The van der Waals surface area contributed by atoms with Crippen molar-refractivity contribution in [3.63, 3.8) is 0 Å². The monoisotopic (exact) mass is 593 g/mol. The van der Waals surface area contributed by atoms with Crippen LogP contribution in [0.15, 0.2) is 95.9 Å². The molecule has 12 heteroatoms. The van der Waals surface area contributed by atoms with Crippen LogP contribution in [0.5, 0.6) is 0 Å². The number of ether oxygens (including phenoxy) is 1. The molecule has 43 heavy (non-hydrogen) atoms. The summed E-state index contributed by atoms with van der Waals surface area (Å²) in [4.78, 5) is 28.2. The van der Waals surface area contributed by atoms with Gasteiger partial charge in [-0.1, -0.05) is 37.8 Å². The number of nitrogens with one attached hydrogen (secondary N) is 1. The second kappa shape index (κ2) is 13.7. The fourth-order valence-corrected chi connectivity index (χ4v) is 4.88. The Hall–Kier alpha value is -5.18. The molecule has 0 bridgehead atoms. The number of aryl methyl sites for hydroxylation is 2. The fourth-order valence-electron chi connectivity index (χ4n) is 4.88. The van der Waals surface area contributed by atoms with E-state index in [4.69, 9.17) is 15.9 Å². The SMILES string of the molecule is C=C/C(C#N)=C\C=C(/CC[n+]1ccccc1CC)[C@@H]1C(C(=O)OC)=C(C)N(c2cccc(C(F)(F)F)c2)C(=N)N1C(N)=O. The Morgan fingerprint density at radius 1 is 1.23 bits per heavy atom. The number of benzene rings is 1. The number of rotatable bonds is 9. The highest BCUT2D eigenvalue weighted by molar-refractivity contribution is 6.10. The molecule has 1 aliphatic rings. The number of allylic oxidation sites excluding steroid dienone is 5. The first-order valence-electron chi connectivity index (χ1n) is 13.2. The highest BCUT2D eigenvalue weighted by Crippen LogP contribution is 2.38. The van der Waals surface area contributed by atoms with Gasteiger partial charge in [-0.25, -0.2) is 14.2 Å². The first-order valence-corrected chi connectivity index (χ1v) is 13.2. The molecule has 2 aromatic rings. The normalized spacial score (nSPS) is 16.2. The standard InChI is InChI=1S/C31H31F3N6O3/c1-5-21(19-35)13-14-22(15-17-38-16-8-7-11-24(38)6-2)27-26(28(41)43-4)20(3)39(29(36)40(27)30(37)42)25-12-9-10-23(18-25)31(32,33)34/h5,7-14,16,18,27,36H,1,6,15,17H2,2-4H3,(H-,37,42)/p+1/b21-13+,22-14+,36-29?/t27-/m1/s1. The maximum absolute atomic E-state index is 13.6. The van der Waals surface area contributed by atoms with Gasteiger partial charge in [0.25, 0.3) is 0 Å². The number of hydrogen-bond donors (Lipinski definition) is 2. The lowest BCUT2D eigenvalue weighted by molar-refractivity contribution is -0.703. The Morgan fingerprint density at radius 3 is 2.53 bits per heavy atom. The molecule has 2 heterocycles. The van der Waals surface area contributed by atoms with Crippen molar-refractivity contribution >= 4 is 23.6 Å². The third-order valence-electron chi connectivity index (χ3n) is 6.99. The van der Waals surface area contributed by atoms with Crippen LogP contribution in [0, 0.1) is 16.7 Å². The highest BCUT2D eigenvalue weighted by Gasteiger charge is 2.44. The van der Waals surface area contributed by atoms with Crippen molar-refractivity contribution in [1.82, 2.24) is 4.90 Å². The first kappa shape index (κ1) is 32.3. The lowest BCUT2D eigenvalue weighted by atomic mass is 9.90. The number of esters is 1. The van der Waals surface area contributed by atoms with Gasteiger partial charge in [-0.05, 0) is 36.8 Å². The number of urea groups is 1. The van der Waals surface area contributed by atoms with Crippen molar-refractivity contribution in [2.24, 2.45) is 5.73 Å². The van der Waals surface area contributed by atoms with Crippen LogP contribution in [0.3, 0.4) is 0 Å². The smallest absolute Gasteiger partial charge is 0.416 e. The predicted octanol–water partition coefficient (Wildman–Crippen LogP) is 5.16. The average Bonchev–Trinajstić information content (AvgIpc) is 2.98. The van der Waals surface area contributed by atoms with Crippen LogP contribution in [0.2, 0.25) is 0 Å². The summed E-state index contributed by atoms with van der Waals surface area (Å²) in [6.45, 7) is 7.45. The number of amides is 2. The zero-order valence-corrected chi connectivity index (χ0v) is 24.0. The lowest BCUT2D eigenvalue weighted by Gasteiger charge is -2.43. The minimum absolute atomic E-state index is 0.0689. The number of hydrogen-bond acceptors (Lipinski definition) is 5. The second-order valence-electron chi connectivity index (χ2n) is 9.48. The number of guanidine groups is 1. The molecule has 0 spiro atoms. The number of nitrogens with zero attached hydrogens (tertiary/aromatic N) is 4. The van der Waals surface area contributed by atoms with Gasteiger partial charge in [0.05, 0.1) is 35.9 Å². The van der Waals surface area contributed by atoms with E-state index in [0.29, 0.717) is 12.1 Å². The van der Waals surface area contributed by atoms with Crippen LogP contribution in [0.1, 0.15) is 31.5 Å². The van der Waals surface area contributed by atoms with Crippen LogP contribution in [0.4, 0.5) is 23.7 Å². The molecule has 0 saturated heterocycles. The van der Waals surface area contributed by atoms with E-state index in [0.717, 1.165) is 47.2 Å². The van der Waals surface area contributed by atoms with E-state index in [1.165, 1.54) is 25.1 Å². The largest absolute Gasteiger partial charge is 0.466 e. The highest BCUT2D eigenvalue weighted by atomic mass is 19.4. The van der Waals surface area contributed by atoms with Gasteiger partial charge in [0.15, 0.2) is 18.4 Å². The van der Waals surface area contributed by atoms with Crippen molar-refractivity contribution in [3.8, 4) is 6.07 Å². The Kier molecular flexibility index (Phi) is 10.3. The summed E-state index contributed by atoms with van der Waals surface area (Å²) < 4.78 is 47.7. The van der Waals surface area contributed by atoms with E-state index in [1.807, 2.05) is 42.0 Å². The zero-order chi connectivity index (χ0) is 31.9. The molecule has 1 atom stereocenters. The minimum atomic E-state index is -4.68. The summed E-state index contributed by atoms with van der Waals surface area (Å²) in [5, 5.41) is 18.4. The van der Waals surface area contributed by atoms with Crippen LogP contribution in [-0.2, 0) is 28.7 Å². The Morgan fingerprint density at radius 2 is 1.95 bits per heavy atom. The van der Waals surface area contributed by atoms with Crippen molar-refractivity contribution in [3.05, 3.63) is 107 Å². The van der Waals surface area contributed by atoms with Crippen molar-refractivity contribution in [2.75, 3.05) is 12.0 Å². The maximum Gasteiger partial charge on any atom is 0.416 e. The van der Waals surface area contributed by atoms with Gasteiger partial charge in [-0.15, -0.1) is 0 Å². The second-order valence-corrected chi connectivity index (χ2v) is 9.48. The number of pyridine rings is 1. The number of carbonyl (C=O) groups is 2. The Labute approximate surface area is 247 Å². The number of halogens is 3. The molecule has 0 radical (unpaired) electrons. The zero-order valence-electron chi connectivity index (χ0n) is 24.0. The Bertz CT molecular complexity index is 1570. The van der Waals surface area contributed by atoms with E-state index in [-0.39, 0.29) is 29.0 Å². The third-order valence-corrected chi connectivity index (χ3v) is 6.99. The molecular weight excluding hydrogens is 561 g/mol. The van der Waals surface area contributed by atoms with E-state index in [1.54, 1.807) is 6.08 Å². The molecule has 1 aliphatic heterocycles. The van der Waals surface area contributed by atoms with Gasteiger partial charge in [0.2, 0.25) is 5.96 Å². The summed E-state index contributed by atoms with van der Waals surface area (Å²) in [5.41, 5.74) is 6.27. The number of anilines is 1. The van der Waals surface area contributed by atoms with Crippen LogP contribution in [0.25, 0.3) is 0 Å². The molecule has 2 amide bonds. The van der Waals surface area contributed by atoms with Gasteiger partial charge in [-0.3, -0.25) is 15.2 Å². The molecular formula is C31H32F3N6O3+. The van der Waals surface area contributed by atoms with Crippen molar-refractivity contribution in [2.45, 2.75) is 45.5 Å². The van der Waals surface area contributed by atoms with Crippen LogP contribution >= 0.6 is 0 Å². The predicted molar refractivity (Wildman–Crippen MR) is 154 cm³/mol. The molecule has 0 fully saturated rings. The molecule has 1 aromatic carbocycles. The number of methoxy groups -OCH3 is 1. The molecule has 1 aromatic heterocycles. The summed E-state index contributed by atoms with van der Waals surface area (Å²) in [7, 11) is 1.13. The fraction of sp³-hybridized carbons (Fsp3) is 0.258. The average molecular weight is 594 g/mol. The molecule has 3 rings (SSSR count). The number of alkyl halides is 3. The maximum atomic E-state index is 13.6. The van der Waals surface area contributed by atoms with Gasteiger partial charge >= 0.3 is 18.2 Å². The quantitative estimate of drug-likeness (QED) is 0.180. The Balaban J connectivity index is 2.30. The van der Waals surface area contributed by atoms with Gasteiger partial charge in [0, 0.05) is 36.4 Å². The van der Waals surface area contributed by atoms with Crippen molar-refractivity contribution in [1.29, 1.82) is 10.7 Å². The molecule has 224 valence electrons. The van der Waals surface area contributed by atoms with Crippen molar-refractivity contribution < 1.29 is 32.1 Å². The molecule has 0 unspecified atom stereocenters. The topological polar surface area (TPSA) is 127 Å². The first-order chi connectivity index (χ1) is 20.4. The summed E-state index contributed by atoms with van der Waals surface area (Å²) >= 11 is 0.